The van der Waals surface area contributed by atoms with Crippen LogP contribution in [0.2, 0.25) is 0 Å². The number of alkyl halides is 2. The van der Waals surface area contributed by atoms with Crippen molar-refractivity contribution in [3.63, 3.8) is 0 Å². The quantitative estimate of drug-likeness (QED) is 0.178. The molecule has 5 atom stereocenters. The Morgan fingerprint density at radius 2 is 1.73 bits per heavy atom. The molecule has 6 N–H and O–H groups in total. The number of H-pyrrole nitrogens is 1. The number of nitrogens with one attached hydrogen (secondary N) is 1. The molecule has 2 heterocycles. The lowest BCUT2D eigenvalue weighted by Gasteiger charge is -2.23. The lowest BCUT2D eigenvalue weighted by atomic mass is 10.2. The predicted octanol–water partition coefficient (Wildman–Crippen LogP) is -0.688. The van der Waals surface area contributed by atoms with Crippen LogP contribution in [0.1, 0.15) is 6.23 Å². The number of nitrogens with zero attached hydrogens (tertiary/aromatic N) is 1. The van der Waals surface area contributed by atoms with Crippen LogP contribution >= 0.6 is 46.7 Å². The zero-order valence-corrected chi connectivity index (χ0v) is 18.2. The highest BCUT2D eigenvalue weighted by Crippen LogP contribution is 2.66. The van der Waals surface area contributed by atoms with Crippen LogP contribution in [0.25, 0.3) is 0 Å². The minimum Gasteiger partial charge on any atom is -0.387 e. The predicted molar refractivity (Wildman–Crippen MR) is 95.5 cm³/mol. The minimum absolute atomic E-state index is 0.704. The van der Waals surface area contributed by atoms with Crippen LogP contribution in [-0.2, 0) is 31.6 Å². The molecule has 0 bridgehead atoms. The molecule has 0 amide bonds. The molecule has 1 aromatic heterocycles. The molecule has 0 radical (unpaired) electrons. The molecule has 172 valence electrons. The molecule has 2 rings (SSSR count). The number of halogens is 2. The van der Waals surface area contributed by atoms with Gasteiger partial charge in [-0.05, 0) is 0 Å². The maximum absolute atomic E-state index is 11.9. The molecule has 30 heavy (non-hydrogen) atoms. The zero-order valence-electron chi connectivity index (χ0n) is 14.0. The molecule has 1 aliphatic rings. The van der Waals surface area contributed by atoms with E-state index in [4.69, 9.17) is 42.6 Å². The molecule has 1 saturated heterocycles. The molecule has 16 nitrogen and oxygen atoms in total. The number of ether oxygens (including phenoxy) is 1. The normalized spacial score (nSPS) is 28.0. The molecule has 0 saturated carbocycles. The monoisotopic (exact) mass is 536 g/mol. The van der Waals surface area contributed by atoms with Gasteiger partial charge in [-0.25, -0.2) is 18.5 Å². The van der Waals surface area contributed by atoms with Crippen molar-refractivity contribution in [1.82, 2.24) is 9.55 Å². The summed E-state index contributed by atoms with van der Waals surface area (Å²) in [6, 6.07) is 0.917. The van der Waals surface area contributed by atoms with Crippen LogP contribution in [-0.4, -0.2) is 57.4 Å². The lowest BCUT2D eigenvalue weighted by Crippen LogP contribution is -2.41. The Kier molecular flexibility index (Phi) is 7.62. The van der Waals surface area contributed by atoms with Crippen molar-refractivity contribution in [2.24, 2.45) is 0 Å². The Hall–Kier alpha value is -0.410. The summed E-state index contributed by atoms with van der Waals surface area (Å²) in [6.07, 6.45) is -4.15. The maximum atomic E-state index is 11.9. The van der Waals surface area contributed by atoms with Gasteiger partial charge < -0.3 is 29.4 Å². The fraction of sp³-hybridized carbons (Fsp3) is 0.556. The van der Waals surface area contributed by atoms with Gasteiger partial charge in [0.25, 0.3) is 5.56 Å². The number of phosphoric acid groups is 3. The van der Waals surface area contributed by atoms with E-state index >= 15 is 0 Å². The van der Waals surface area contributed by atoms with Crippen LogP contribution in [0.3, 0.4) is 0 Å². The summed E-state index contributed by atoms with van der Waals surface area (Å²) in [4.78, 5) is 60.3. The van der Waals surface area contributed by atoms with E-state index in [1.807, 2.05) is 4.98 Å². The summed E-state index contributed by atoms with van der Waals surface area (Å²) in [5.41, 5.74) is -1.77. The van der Waals surface area contributed by atoms with Crippen molar-refractivity contribution in [3.05, 3.63) is 33.1 Å². The smallest absolute Gasteiger partial charge is 0.387 e. The van der Waals surface area contributed by atoms with Crippen molar-refractivity contribution >= 4 is 46.7 Å². The molecular formula is C9H13Cl2N2O14P3. The van der Waals surface area contributed by atoms with Crippen molar-refractivity contribution in [2.75, 3.05) is 6.61 Å². The van der Waals surface area contributed by atoms with E-state index in [2.05, 4.69) is 13.1 Å². The largest absolute Gasteiger partial charge is 0.490 e. The summed E-state index contributed by atoms with van der Waals surface area (Å²) < 4.78 is 48.7. The molecular weight excluding hydrogens is 524 g/mol. The zero-order chi connectivity index (χ0) is 23.1. The average molecular weight is 537 g/mol. The highest BCUT2D eigenvalue weighted by atomic mass is 35.5. The fourth-order valence-corrected chi connectivity index (χ4v) is 5.81. The molecule has 0 spiro atoms. The topological polar surface area (TPSA) is 244 Å². The maximum Gasteiger partial charge on any atom is 0.490 e. The molecule has 1 aliphatic heterocycles. The second kappa shape index (κ2) is 8.85. The van der Waals surface area contributed by atoms with Gasteiger partial charge in [-0.15, -0.1) is 0 Å². The summed E-state index contributed by atoms with van der Waals surface area (Å²) in [5.74, 6) is 0. The number of aliphatic hydroxyl groups is 1. The SMILES string of the molecule is O=c1ccn([C@@H]2O[C@H](COP(=O)(O)OP(=O)(O)OP(=O)(O)O)[C@H](O)C2(Cl)Cl)c(=O)[nH]1. The number of aromatic amines is 1. The third-order valence-corrected chi connectivity index (χ3v) is 7.92. The van der Waals surface area contributed by atoms with Crippen molar-refractivity contribution in [3.8, 4) is 0 Å². The van der Waals surface area contributed by atoms with Crippen LogP contribution in [0, 0.1) is 0 Å². The fourth-order valence-electron chi connectivity index (χ4n) is 2.19. The summed E-state index contributed by atoms with van der Waals surface area (Å²) in [7, 11) is -16.8. The van der Waals surface area contributed by atoms with Crippen LogP contribution in [0.5, 0.6) is 0 Å². The van der Waals surface area contributed by atoms with Crippen LogP contribution < -0.4 is 11.2 Å². The van der Waals surface area contributed by atoms with Gasteiger partial charge in [0.2, 0.25) is 0 Å². The summed E-state index contributed by atoms with van der Waals surface area (Å²) >= 11 is 12.0. The van der Waals surface area contributed by atoms with E-state index in [0.29, 0.717) is 4.57 Å². The Balaban J connectivity index is 2.13. The van der Waals surface area contributed by atoms with Gasteiger partial charge in [-0.2, -0.15) is 8.62 Å². The van der Waals surface area contributed by atoms with E-state index < -0.39 is 64.1 Å². The van der Waals surface area contributed by atoms with Gasteiger partial charge in [-0.1, -0.05) is 23.2 Å². The minimum atomic E-state index is -5.74. The molecule has 2 unspecified atom stereocenters. The van der Waals surface area contributed by atoms with Gasteiger partial charge in [0, 0.05) is 12.3 Å². The second-order valence-corrected chi connectivity index (χ2v) is 11.4. The Labute approximate surface area is 175 Å². The molecule has 21 heteroatoms. The first-order chi connectivity index (χ1) is 13.4. The Bertz CT molecular complexity index is 1050. The third kappa shape index (κ3) is 6.55. The summed E-state index contributed by atoms with van der Waals surface area (Å²) in [6.45, 7) is -1.07. The number of aromatic nitrogens is 2. The van der Waals surface area contributed by atoms with Crippen LogP contribution in [0.4, 0.5) is 0 Å². The van der Waals surface area contributed by atoms with Crippen molar-refractivity contribution in [2.45, 2.75) is 22.8 Å². The number of aliphatic hydroxyl groups excluding tert-OH is 1. The Morgan fingerprint density at radius 1 is 1.13 bits per heavy atom. The number of hydrogen-bond acceptors (Lipinski definition) is 10. The van der Waals surface area contributed by atoms with Gasteiger partial charge in [0.15, 0.2) is 10.6 Å². The van der Waals surface area contributed by atoms with E-state index in [9.17, 15) is 33.3 Å². The molecule has 1 fully saturated rings. The van der Waals surface area contributed by atoms with Crippen molar-refractivity contribution < 1.29 is 56.3 Å². The molecule has 0 aliphatic carbocycles. The summed E-state index contributed by atoms with van der Waals surface area (Å²) in [5, 5.41) is 10.2. The highest BCUT2D eigenvalue weighted by Gasteiger charge is 2.56. The first-order valence-electron chi connectivity index (χ1n) is 7.25. The van der Waals surface area contributed by atoms with E-state index in [0.717, 1.165) is 12.3 Å². The van der Waals surface area contributed by atoms with E-state index in [1.54, 1.807) is 0 Å². The third-order valence-electron chi connectivity index (χ3n) is 3.30. The first-order valence-corrected chi connectivity index (χ1v) is 12.5. The number of phosphoric ester groups is 1. The van der Waals surface area contributed by atoms with Gasteiger partial charge >= 0.3 is 29.2 Å². The molecule has 1 aromatic rings. The standard InChI is InChI=1S/C9H13Cl2N2O14P3/c10-9(11)6(15)4(25-7(9)13-2-1-5(14)12-8(13)16)3-24-29(20,21)27-30(22,23)26-28(17,18)19/h1-2,4,6-7,15H,3H2,(H,20,21)(H,22,23)(H,12,14,16)(H2,17,18,19)/t4-,6+,7-/m1/s1. The van der Waals surface area contributed by atoms with Crippen molar-refractivity contribution in [1.29, 1.82) is 0 Å². The first kappa shape index (κ1) is 25.8. The number of rotatable bonds is 8. The Morgan fingerprint density at radius 3 is 2.27 bits per heavy atom. The lowest BCUT2D eigenvalue weighted by molar-refractivity contribution is -0.0452. The van der Waals surface area contributed by atoms with E-state index in [1.165, 1.54) is 0 Å². The number of hydrogen-bond donors (Lipinski definition) is 6. The molecule has 0 aromatic carbocycles. The average Bonchev–Trinajstić information content (AvgIpc) is 2.73. The highest BCUT2D eigenvalue weighted by molar-refractivity contribution is 7.66. The van der Waals surface area contributed by atoms with E-state index in [-0.39, 0.29) is 0 Å². The van der Waals surface area contributed by atoms with Gasteiger partial charge in [0.1, 0.15) is 12.2 Å². The van der Waals surface area contributed by atoms with Gasteiger partial charge in [-0.3, -0.25) is 18.9 Å². The van der Waals surface area contributed by atoms with Crippen LogP contribution in [0.15, 0.2) is 21.9 Å². The van der Waals surface area contributed by atoms with Gasteiger partial charge in [0.05, 0.1) is 6.61 Å². The second-order valence-electron chi connectivity index (χ2n) is 5.55.